The van der Waals surface area contributed by atoms with Crippen molar-refractivity contribution in [3.63, 3.8) is 0 Å². The van der Waals surface area contributed by atoms with E-state index >= 15 is 0 Å². The highest BCUT2D eigenvalue weighted by Gasteiger charge is 2.28. The third-order valence-corrected chi connectivity index (χ3v) is 3.69. The molecule has 0 saturated heterocycles. The average molecular weight is 294 g/mol. The number of nitro benzene ring substituents is 1. The van der Waals surface area contributed by atoms with Crippen LogP contribution in [0.25, 0.3) is 0 Å². The Morgan fingerprint density at radius 2 is 2.14 bits per heavy atom. The Labute approximate surface area is 124 Å². The summed E-state index contributed by atoms with van der Waals surface area (Å²) >= 11 is 0. The van der Waals surface area contributed by atoms with Gasteiger partial charge in [0.05, 0.1) is 17.1 Å². The third kappa shape index (κ3) is 3.85. The zero-order chi connectivity index (χ0) is 15.6. The quantitative estimate of drug-likeness (QED) is 0.644. The van der Waals surface area contributed by atoms with Crippen LogP contribution in [-0.4, -0.2) is 35.8 Å². The minimum atomic E-state index is -0.427. The van der Waals surface area contributed by atoms with Gasteiger partial charge in [-0.3, -0.25) is 10.1 Å². The van der Waals surface area contributed by atoms with E-state index in [2.05, 4.69) is 0 Å². The van der Waals surface area contributed by atoms with Crippen LogP contribution in [0.4, 0.5) is 11.4 Å². The van der Waals surface area contributed by atoms with Crippen LogP contribution in [0.1, 0.15) is 26.7 Å². The van der Waals surface area contributed by atoms with Gasteiger partial charge in [-0.2, -0.15) is 0 Å². The smallest absolute Gasteiger partial charge is 0.311 e. The fourth-order valence-corrected chi connectivity index (χ4v) is 2.58. The molecule has 1 N–H and O–H groups in total. The highest BCUT2D eigenvalue weighted by atomic mass is 16.6. The highest BCUT2D eigenvalue weighted by molar-refractivity contribution is 5.59. The fraction of sp³-hybridized carbons (Fsp3) is 0.600. The molecule has 1 aliphatic rings. The van der Waals surface area contributed by atoms with Crippen molar-refractivity contribution in [1.29, 1.82) is 0 Å². The molecule has 1 fully saturated rings. The Bertz CT molecular complexity index is 512. The van der Waals surface area contributed by atoms with E-state index in [1.165, 1.54) is 6.07 Å². The van der Waals surface area contributed by atoms with Crippen LogP contribution in [0.3, 0.4) is 0 Å². The van der Waals surface area contributed by atoms with Crippen LogP contribution in [0.15, 0.2) is 18.2 Å². The van der Waals surface area contributed by atoms with Gasteiger partial charge < -0.3 is 14.7 Å². The third-order valence-electron chi connectivity index (χ3n) is 3.69. The summed E-state index contributed by atoms with van der Waals surface area (Å²) in [6.07, 6.45) is 1.37. The van der Waals surface area contributed by atoms with Gasteiger partial charge >= 0.3 is 5.69 Å². The summed E-state index contributed by atoms with van der Waals surface area (Å²) in [5, 5.41) is 20.4. The van der Waals surface area contributed by atoms with E-state index in [1.54, 1.807) is 12.1 Å². The molecule has 0 aliphatic heterocycles. The largest absolute Gasteiger partial charge is 0.484 e. The van der Waals surface area contributed by atoms with Crippen LogP contribution in [0, 0.1) is 16.0 Å². The first-order chi connectivity index (χ1) is 9.86. The molecule has 1 aliphatic carbocycles. The summed E-state index contributed by atoms with van der Waals surface area (Å²) < 4.78 is 5.55. The van der Waals surface area contributed by atoms with E-state index in [0.29, 0.717) is 11.7 Å². The zero-order valence-electron chi connectivity index (χ0n) is 12.7. The van der Waals surface area contributed by atoms with Crippen LogP contribution in [-0.2, 0) is 0 Å². The normalized spacial score (nSPS) is 21.0. The number of aliphatic hydroxyl groups is 1. The lowest BCUT2D eigenvalue weighted by atomic mass is 9.82. The van der Waals surface area contributed by atoms with Gasteiger partial charge in [-0.05, 0) is 38.7 Å². The number of hydrogen-bond acceptors (Lipinski definition) is 5. The Morgan fingerprint density at radius 3 is 2.67 bits per heavy atom. The predicted molar refractivity (Wildman–Crippen MR) is 80.9 cm³/mol. The van der Waals surface area contributed by atoms with Gasteiger partial charge in [0.15, 0.2) is 5.75 Å². The molecule has 1 aromatic carbocycles. The second-order valence-corrected chi connectivity index (χ2v) is 5.95. The van der Waals surface area contributed by atoms with E-state index in [9.17, 15) is 15.2 Å². The molecule has 1 aromatic rings. The minimum Gasteiger partial charge on any atom is -0.484 e. The van der Waals surface area contributed by atoms with Crippen molar-refractivity contribution in [2.75, 3.05) is 18.5 Å². The maximum Gasteiger partial charge on any atom is 0.311 e. The summed E-state index contributed by atoms with van der Waals surface area (Å²) in [5.41, 5.74) is 0.873. The Morgan fingerprint density at radius 1 is 1.48 bits per heavy atom. The van der Waals surface area contributed by atoms with Gasteiger partial charge in [-0.15, -0.1) is 0 Å². The van der Waals surface area contributed by atoms with Crippen molar-refractivity contribution in [3.05, 3.63) is 28.3 Å². The van der Waals surface area contributed by atoms with Crippen molar-refractivity contribution in [2.45, 2.75) is 38.9 Å². The van der Waals surface area contributed by atoms with Gasteiger partial charge in [-0.1, -0.05) is 0 Å². The number of benzene rings is 1. The van der Waals surface area contributed by atoms with Gasteiger partial charge in [0.25, 0.3) is 0 Å². The predicted octanol–water partition coefficient (Wildman–Crippen LogP) is 2.59. The topological polar surface area (TPSA) is 75.8 Å². The molecule has 6 heteroatoms. The van der Waals surface area contributed by atoms with E-state index in [0.717, 1.165) is 25.1 Å². The molecule has 0 aromatic heterocycles. The summed E-state index contributed by atoms with van der Waals surface area (Å²) in [7, 11) is 1.95. The lowest BCUT2D eigenvalue weighted by molar-refractivity contribution is -0.386. The molecule has 0 radical (unpaired) electrons. The number of aliphatic hydroxyl groups excluding tert-OH is 1. The molecule has 0 spiro atoms. The van der Waals surface area contributed by atoms with Crippen LogP contribution in [0.2, 0.25) is 0 Å². The molecule has 0 heterocycles. The van der Waals surface area contributed by atoms with Crippen molar-refractivity contribution in [3.8, 4) is 5.75 Å². The number of nitro groups is 1. The maximum atomic E-state index is 11.0. The molecular weight excluding hydrogens is 272 g/mol. The second kappa shape index (κ2) is 6.30. The molecule has 0 amide bonds. The number of hydrogen-bond donors (Lipinski definition) is 1. The molecular formula is C15H22N2O4. The van der Waals surface area contributed by atoms with Gasteiger partial charge in [0.1, 0.15) is 0 Å². The number of anilines is 1. The summed E-state index contributed by atoms with van der Waals surface area (Å²) in [4.78, 5) is 12.7. The van der Waals surface area contributed by atoms with E-state index in [-0.39, 0.29) is 17.9 Å². The molecule has 6 nitrogen and oxygen atoms in total. The molecule has 2 rings (SSSR count). The monoisotopic (exact) mass is 294 g/mol. The van der Waals surface area contributed by atoms with Crippen LogP contribution < -0.4 is 9.64 Å². The summed E-state index contributed by atoms with van der Waals surface area (Å²) in [6.45, 7) is 4.52. The van der Waals surface area contributed by atoms with E-state index in [4.69, 9.17) is 4.74 Å². The van der Waals surface area contributed by atoms with Gasteiger partial charge in [0.2, 0.25) is 0 Å². The zero-order valence-corrected chi connectivity index (χ0v) is 12.7. The van der Waals surface area contributed by atoms with Crippen molar-refractivity contribution in [2.24, 2.45) is 5.92 Å². The SMILES string of the molecule is CC(C)Oc1cc(N(C)CC2CC(O)C2)ccc1[N+](=O)[O-]. The lowest BCUT2D eigenvalue weighted by Gasteiger charge is -2.35. The summed E-state index contributed by atoms with van der Waals surface area (Å²) in [5.74, 6) is 0.780. The molecule has 1 saturated carbocycles. The molecule has 21 heavy (non-hydrogen) atoms. The molecule has 0 atom stereocenters. The number of nitrogens with zero attached hydrogens (tertiary/aromatic N) is 2. The van der Waals surface area contributed by atoms with Crippen molar-refractivity contribution < 1.29 is 14.8 Å². The van der Waals surface area contributed by atoms with E-state index in [1.807, 2.05) is 25.8 Å². The molecule has 116 valence electrons. The van der Waals surface area contributed by atoms with Gasteiger partial charge in [-0.25, -0.2) is 0 Å². The Kier molecular flexibility index (Phi) is 4.67. The Hall–Kier alpha value is -1.82. The first kappa shape index (κ1) is 15.6. The van der Waals surface area contributed by atoms with Crippen molar-refractivity contribution >= 4 is 11.4 Å². The standard InChI is InChI=1S/C15H22N2O4/c1-10(2)21-15-8-12(4-5-14(15)17(19)20)16(3)9-11-6-13(18)7-11/h4-5,8,10-11,13,18H,6-7,9H2,1-3H3. The fourth-order valence-electron chi connectivity index (χ4n) is 2.58. The second-order valence-electron chi connectivity index (χ2n) is 5.95. The minimum absolute atomic E-state index is 0.0140. The van der Waals surface area contributed by atoms with E-state index < -0.39 is 4.92 Å². The molecule has 0 bridgehead atoms. The number of rotatable bonds is 6. The summed E-state index contributed by atoms with van der Waals surface area (Å²) in [6, 6.07) is 4.94. The number of ether oxygens (including phenoxy) is 1. The Balaban J connectivity index is 2.14. The van der Waals surface area contributed by atoms with Crippen molar-refractivity contribution in [1.82, 2.24) is 0 Å². The first-order valence-electron chi connectivity index (χ1n) is 7.21. The lowest BCUT2D eigenvalue weighted by Crippen LogP contribution is -2.37. The first-order valence-corrected chi connectivity index (χ1v) is 7.21. The van der Waals surface area contributed by atoms with Gasteiger partial charge in [0, 0.05) is 31.4 Å². The maximum absolute atomic E-state index is 11.0. The van der Waals surface area contributed by atoms with Crippen LogP contribution >= 0.6 is 0 Å². The molecule has 0 unspecified atom stereocenters. The highest BCUT2D eigenvalue weighted by Crippen LogP contribution is 2.34. The van der Waals surface area contributed by atoms with Crippen LogP contribution in [0.5, 0.6) is 5.75 Å². The average Bonchev–Trinajstić information content (AvgIpc) is 2.35.